The molecule has 1 fully saturated rings. The normalized spacial score (nSPS) is 14.2. The maximum Gasteiger partial charge on any atom is 0.306 e. The molecule has 1 aromatic carbocycles. The zero-order chi connectivity index (χ0) is 18.4. The first kappa shape index (κ1) is 19.4. The Bertz CT molecular complexity index is 741. The monoisotopic (exact) mass is 368 g/mol. The van der Waals surface area contributed by atoms with Crippen molar-refractivity contribution in [2.75, 3.05) is 13.2 Å². The van der Waals surface area contributed by atoms with E-state index in [4.69, 9.17) is 4.74 Å². The fourth-order valence-electron chi connectivity index (χ4n) is 2.12. The summed E-state index contributed by atoms with van der Waals surface area (Å²) < 4.78 is 31.7. The van der Waals surface area contributed by atoms with Crippen LogP contribution >= 0.6 is 0 Å². The lowest BCUT2D eigenvalue weighted by molar-refractivity contribution is -0.148. The Kier molecular flexibility index (Phi) is 6.55. The molecular formula is C17H24N2O5S. The molecule has 7 nitrogen and oxygen atoms in total. The molecule has 0 heterocycles. The Balaban J connectivity index is 1.67. The molecule has 0 spiro atoms. The Morgan fingerprint density at radius 2 is 1.92 bits per heavy atom. The molecule has 0 aliphatic heterocycles. The number of carbonyl (C=O) groups excluding carboxylic acids is 2. The van der Waals surface area contributed by atoms with Gasteiger partial charge in [0.25, 0.3) is 5.91 Å². The summed E-state index contributed by atoms with van der Waals surface area (Å²) in [6.45, 7) is 3.60. The van der Waals surface area contributed by atoms with E-state index in [1.807, 2.05) is 13.8 Å². The highest BCUT2D eigenvalue weighted by Crippen LogP contribution is 2.18. The zero-order valence-electron chi connectivity index (χ0n) is 14.5. The lowest BCUT2D eigenvalue weighted by Gasteiger charge is -2.09. The van der Waals surface area contributed by atoms with Crippen molar-refractivity contribution in [3.8, 4) is 0 Å². The molecule has 1 aliphatic carbocycles. The number of nitrogens with one attached hydrogen (secondary N) is 2. The van der Waals surface area contributed by atoms with Gasteiger partial charge in [0, 0.05) is 19.0 Å². The van der Waals surface area contributed by atoms with Crippen LogP contribution in [-0.4, -0.2) is 39.5 Å². The van der Waals surface area contributed by atoms with Gasteiger partial charge < -0.3 is 10.1 Å². The minimum Gasteiger partial charge on any atom is -0.456 e. The molecule has 1 saturated carbocycles. The predicted molar refractivity (Wildman–Crippen MR) is 92.5 cm³/mol. The van der Waals surface area contributed by atoms with Crippen molar-refractivity contribution in [2.45, 2.75) is 50.5 Å². The van der Waals surface area contributed by atoms with Crippen molar-refractivity contribution < 1.29 is 22.7 Å². The highest BCUT2D eigenvalue weighted by atomic mass is 32.2. The molecule has 1 aliphatic rings. The predicted octanol–water partition coefficient (Wildman–Crippen LogP) is 1.18. The Labute approximate surface area is 148 Å². The van der Waals surface area contributed by atoms with Crippen LogP contribution in [0.4, 0.5) is 0 Å². The summed E-state index contributed by atoms with van der Waals surface area (Å²) in [6.07, 6.45) is 2.29. The maximum atomic E-state index is 12.2. The average molecular weight is 368 g/mol. The molecule has 0 bridgehead atoms. The fraction of sp³-hybridized carbons (Fsp3) is 0.529. The largest absolute Gasteiger partial charge is 0.456 e. The van der Waals surface area contributed by atoms with Crippen molar-refractivity contribution in [2.24, 2.45) is 0 Å². The average Bonchev–Trinajstić information content (AvgIpc) is 3.36. The third kappa shape index (κ3) is 6.47. The lowest BCUT2D eigenvalue weighted by atomic mass is 10.1. The Morgan fingerprint density at radius 1 is 1.20 bits per heavy atom. The molecule has 2 rings (SSSR count). The first-order chi connectivity index (χ1) is 11.8. The smallest absolute Gasteiger partial charge is 0.306 e. The van der Waals surface area contributed by atoms with Gasteiger partial charge in [-0.15, -0.1) is 0 Å². The molecule has 25 heavy (non-hydrogen) atoms. The summed E-state index contributed by atoms with van der Waals surface area (Å²) >= 11 is 0. The molecule has 0 atom stereocenters. The third-order valence-electron chi connectivity index (χ3n) is 3.95. The summed E-state index contributed by atoms with van der Waals surface area (Å²) in [5.74, 6) is -0.817. The molecule has 1 aromatic rings. The second-order valence-electron chi connectivity index (χ2n) is 6.25. The number of carbonyl (C=O) groups is 2. The van der Waals surface area contributed by atoms with Crippen LogP contribution in [0.5, 0.6) is 0 Å². The summed E-state index contributed by atoms with van der Waals surface area (Å²) in [5, 5.41) is 2.72. The summed E-state index contributed by atoms with van der Waals surface area (Å²) in [7, 11) is -3.60. The number of hydrogen-bond donors (Lipinski definition) is 2. The van der Waals surface area contributed by atoms with Crippen LogP contribution in [0.2, 0.25) is 0 Å². The van der Waals surface area contributed by atoms with Gasteiger partial charge in [-0.3, -0.25) is 9.59 Å². The summed E-state index contributed by atoms with van der Waals surface area (Å²) in [6, 6.07) is 5.15. The van der Waals surface area contributed by atoms with Gasteiger partial charge >= 0.3 is 5.97 Å². The molecular weight excluding hydrogens is 344 g/mol. The van der Waals surface area contributed by atoms with E-state index in [9.17, 15) is 18.0 Å². The van der Waals surface area contributed by atoms with Gasteiger partial charge in [0.05, 0.1) is 4.90 Å². The van der Waals surface area contributed by atoms with Gasteiger partial charge in [-0.1, -0.05) is 6.07 Å². The van der Waals surface area contributed by atoms with Crippen LogP contribution < -0.4 is 10.0 Å². The molecule has 2 N–H and O–H groups in total. The molecule has 1 amide bonds. The first-order valence-corrected chi connectivity index (χ1v) is 9.78. The van der Waals surface area contributed by atoms with E-state index in [1.54, 1.807) is 18.2 Å². The van der Waals surface area contributed by atoms with E-state index in [1.165, 1.54) is 0 Å². The number of benzene rings is 1. The van der Waals surface area contributed by atoms with E-state index in [2.05, 4.69) is 10.0 Å². The molecule has 8 heteroatoms. The zero-order valence-corrected chi connectivity index (χ0v) is 15.3. The number of hydrogen-bond acceptors (Lipinski definition) is 5. The SMILES string of the molecule is Cc1ccc(S(=O)(=O)NCCCC(=O)OCC(=O)NC2CC2)cc1C. The van der Waals surface area contributed by atoms with Crippen molar-refractivity contribution in [1.82, 2.24) is 10.0 Å². The van der Waals surface area contributed by atoms with Crippen LogP contribution in [0.15, 0.2) is 23.1 Å². The van der Waals surface area contributed by atoms with Gasteiger partial charge in [0.15, 0.2) is 6.61 Å². The molecule has 138 valence electrons. The topological polar surface area (TPSA) is 102 Å². The summed E-state index contributed by atoms with van der Waals surface area (Å²) in [5.41, 5.74) is 1.92. The Hall–Kier alpha value is -1.93. The Morgan fingerprint density at radius 3 is 2.56 bits per heavy atom. The van der Waals surface area contributed by atoms with Gasteiger partial charge in [-0.05, 0) is 56.4 Å². The molecule has 0 radical (unpaired) electrons. The number of esters is 1. The maximum absolute atomic E-state index is 12.2. The number of ether oxygens (including phenoxy) is 1. The highest BCUT2D eigenvalue weighted by molar-refractivity contribution is 7.89. The molecule has 0 unspecified atom stereocenters. The standard InChI is InChI=1S/C17H24N2O5S/c1-12-5-8-15(10-13(12)2)25(22,23)18-9-3-4-17(21)24-11-16(20)19-14-6-7-14/h5,8,10,14,18H,3-4,6-7,9,11H2,1-2H3,(H,19,20). The van der Waals surface area contributed by atoms with E-state index < -0.39 is 16.0 Å². The van der Waals surface area contributed by atoms with Crippen LogP contribution in [0.25, 0.3) is 0 Å². The van der Waals surface area contributed by atoms with Crippen molar-refractivity contribution >= 4 is 21.9 Å². The van der Waals surface area contributed by atoms with E-state index in [0.717, 1.165) is 24.0 Å². The van der Waals surface area contributed by atoms with Gasteiger partial charge in [0.2, 0.25) is 10.0 Å². The van der Waals surface area contributed by atoms with Gasteiger partial charge in [-0.25, -0.2) is 13.1 Å². The summed E-state index contributed by atoms with van der Waals surface area (Å²) in [4.78, 5) is 23.1. The molecule has 0 aromatic heterocycles. The van der Waals surface area contributed by atoms with Crippen LogP contribution in [-0.2, 0) is 24.3 Å². The second kappa shape index (κ2) is 8.44. The minimum absolute atomic E-state index is 0.0478. The van der Waals surface area contributed by atoms with Gasteiger partial charge in [0.1, 0.15) is 0 Å². The van der Waals surface area contributed by atoms with Crippen molar-refractivity contribution in [3.63, 3.8) is 0 Å². The van der Waals surface area contributed by atoms with Gasteiger partial charge in [-0.2, -0.15) is 0 Å². The molecule has 0 saturated heterocycles. The van der Waals surface area contributed by atoms with E-state index >= 15 is 0 Å². The highest BCUT2D eigenvalue weighted by Gasteiger charge is 2.23. The quantitative estimate of drug-likeness (QED) is 0.503. The van der Waals surface area contributed by atoms with Crippen LogP contribution in [0.3, 0.4) is 0 Å². The minimum atomic E-state index is -3.60. The number of rotatable bonds is 9. The van der Waals surface area contributed by atoms with E-state index in [-0.39, 0.29) is 36.4 Å². The van der Waals surface area contributed by atoms with E-state index in [0.29, 0.717) is 6.42 Å². The number of sulfonamides is 1. The van der Waals surface area contributed by atoms with Crippen molar-refractivity contribution in [1.29, 1.82) is 0 Å². The number of amides is 1. The third-order valence-corrected chi connectivity index (χ3v) is 5.40. The lowest BCUT2D eigenvalue weighted by Crippen LogP contribution is -2.30. The van der Waals surface area contributed by atoms with Crippen LogP contribution in [0.1, 0.15) is 36.8 Å². The second-order valence-corrected chi connectivity index (χ2v) is 8.02. The fourth-order valence-corrected chi connectivity index (χ4v) is 3.28. The van der Waals surface area contributed by atoms with Crippen molar-refractivity contribution in [3.05, 3.63) is 29.3 Å². The number of aryl methyl sites for hydroxylation is 2. The first-order valence-electron chi connectivity index (χ1n) is 8.30. The van der Waals surface area contributed by atoms with Crippen LogP contribution in [0, 0.1) is 13.8 Å².